The van der Waals surface area contributed by atoms with Crippen molar-refractivity contribution in [1.82, 2.24) is 0 Å². The number of furan rings is 1. The zero-order chi connectivity index (χ0) is 14.5. The minimum atomic E-state index is -1.03. The van der Waals surface area contributed by atoms with Gasteiger partial charge < -0.3 is 14.9 Å². The Hall–Kier alpha value is -1.07. The monoisotopic (exact) mass is 283 g/mol. The van der Waals surface area contributed by atoms with Gasteiger partial charge in [0.25, 0.3) is 0 Å². The van der Waals surface area contributed by atoms with E-state index in [-0.39, 0.29) is 5.91 Å². The number of nitrogens with two attached hydrogens (primary N) is 1. The zero-order valence-electron chi connectivity index (χ0n) is 12.4. The van der Waals surface area contributed by atoms with Gasteiger partial charge in [-0.3, -0.25) is 4.79 Å². The summed E-state index contributed by atoms with van der Waals surface area (Å²) in [5, 5.41) is 0. The molecule has 1 aromatic heterocycles. The second kappa shape index (κ2) is 6.91. The van der Waals surface area contributed by atoms with Gasteiger partial charge in [0, 0.05) is 33.1 Å². The van der Waals surface area contributed by atoms with E-state index in [2.05, 4.69) is 19.6 Å². The van der Waals surface area contributed by atoms with Gasteiger partial charge in [0.1, 0.15) is 11.5 Å². The second-order valence-electron chi connectivity index (χ2n) is 6.12. The van der Waals surface area contributed by atoms with Crippen molar-refractivity contribution in [3.05, 3.63) is 23.2 Å². The van der Waals surface area contributed by atoms with Crippen LogP contribution in [0.2, 0.25) is 25.7 Å². The molecule has 2 N–H and O–H groups in total. The average molecular weight is 283 g/mol. The molecule has 1 heterocycles. The fourth-order valence-electron chi connectivity index (χ4n) is 1.66. The number of hydrogen-bond donors (Lipinski definition) is 1. The average Bonchev–Trinajstić information content (AvgIpc) is 2.62. The molecule has 0 unspecified atom stereocenters. The lowest BCUT2D eigenvalue weighted by Gasteiger charge is -2.15. The van der Waals surface area contributed by atoms with Crippen molar-refractivity contribution in [1.29, 1.82) is 0 Å². The highest BCUT2D eigenvalue weighted by Gasteiger charge is 2.13. The summed E-state index contributed by atoms with van der Waals surface area (Å²) in [7, 11) is -1.03. The van der Waals surface area contributed by atoms with Crippen molar-refractivity contribution < 1.29 is 13.9 Å². The van der Waals surface area contributed by atoms with Crippen LogP contribution in [0.25, 0.3) is 0 Å². The minimum absolute atomic E-state index is 0.304. The number of aryl methyl sites for hydroxylation is 2. The molecular weight excluding hydrogens is 258 g/mol. The zero-order valence-corrected chi connectivity index (χ0v) is 13.4. The van der Waals surface area contributed by atoms with Crippen LogP contribution in [0.5, 0.6) is 0 Å². The Balaban J connectivity index is 2.39. The molecule has 1 rings (SSSR count). The molecule has 5 heteroatoms. The first-order chi connectivity index (χ1) is 8.78. The third kappa shape index (κ3) is 6.59. The Kier molecular flexibility index (Phi) is 5.81. The standard InChI is InChI=1S/C14H25NO3Si/c1-11-12(10-17-7-8-19(2,3)4)9-13(18-11)5-6-14(15)16/h9H,5-8,10H2,1-4H3,(H2,15,16). The van der Waals surface area contributed by atoms with Gasteiger partial charge in [-0.25, -0.2) is 0 Å². The lowest BCUT2D eigenvalue weighted by Crippen LogP contribution is -2.21. The van der Waals surface area contributed by atoms with Gasteiger partial charge in [0.15, 0.2) is 0 Å². The van der Waals surface area contributed by atoms with Crippen LogP contribution in [0.15, 0.2) is 10.5 Å². The fraction of sp³-hybridized carbons (Fsp3) is 0.643. The Labute approximate surface area is 116 Å². The maximum absolute atomic E-state index is 10.7. The summed E-state index contributed by atoms with van der Waals surface area (Å²) >= 11 is 0. The summed E-state index contributed by atoms with van der Waals surface area (Å²) in [5.74, 6) is 1.37. The Bertz CT molecular complexity index is 421. The lowest BCUT2D eigenvalue weighted by molar-refractivity contribution is -0.118. The van der Waals surface area contributed by atoms with Gasteiger partial charge in [0.2, 0.25) is 5.91 Å². The van der Waals surface area contributed by atoms with Crippen molar-refractivity contribution in [3.63, 3.8) is 0 Å². The Morgan fingerprint density at radius 3 is 2.68 bits per heavy atom. The van der Waals surface area contributed by atoms with E-state index in [1.165, 1.54) is 6.04 Å². The van der Waals surface area contributed by atoms with Crippen LogP contribution >= 0.6 is 0 Å². The molecule has 0 saturated heterocycles. The highest BCUT2D eigenvalue weighted by Crippen LogP contribution is 2.17. The van der Waals surface area contributed by atoms with Gasteiger partial charge in [-0.15, -0.1) is 0 Å². The van der Waals surface area contributed by atoms with Crippen LogP contribution in [0.1, 0.15) is 23.5 Å². The first-order valence-corrected chi connectivity index (χ1v) is 10.4. The van der Waals surface area contributed by atoms with E-state index >= 15 is 0 Å². The molecule has 0 aromatic carbocycles. The molecule has 19 heavy (non-hydrogen) atoms. The Morgan fingerprint density at radius 2 is 2.11 bits per heavy atom. The minimum Gasteiger partial charge on any atom is -0.466 e. The predicted molar refractivity (Wildman–Crippen MR) is 78.8 cm³/mol. The summed E-state index contributed by atoms with van der Waals surface area (Å²) < 4.78 is 11.3. The van der Waals surface area contributed by atoms with E-state index < -0.39 is 8.07 Å². The van der Waals surface area contributed by atoms with Gasteiger partial charge in [-0.2, -0.15) is 0 Å². The third-order valence-corrected chi connectivity index (χ3v) is 4.65. The fourth-order valence-corrected chi connectivity index (χ4v) is 2.42. The van der Waals surface area contributed by atoms with Crippen LogP contribution in [-0.2, 0) is 22.6 Å². The lowest BCUT2D eigenvalue weighted by atomic mass is 10.2. The predicted octanol–water partition coefficient (Wildman–Crippen LogP) is 2.86. The number of rotatable bonds is 8. The van der Waals surface area contributed by atoms with E-state index in [9.17, 15) is 4.79 Å². The summed E-state index contributed by atoms with van der Waals surface area (Å²) in [5.41, 5.74) is 6.19. The largest absolute Gasteiger partial charge is 0.466 e. The number of ether oxygens (including phenoxy) is 1. The molecule has 0 radical (unpaired) electrons. The van der Waals surface area contributed by atoms with E-state index in [0.717, 1.165) is 23.7 Å². The quantitative estimate of drug-likeness (QED) is 0.589. The number of amides is 1. The van der Waals surface area contributed by atoms with Crippen LogP contribution in [0.3, 0.4) is 0 Å². The molecule has 0 aliphatic carbocycles. The molecule has 0 spiro atoms. The molecule has 1 aromatic rings. The van der Waals surface area contributed by atoms with Crippen LogP contribution in [-0.4, -0.2) is 20.6 Å². The van der Waals surface area contributed by atoms with Crippen LogP contribution in [0.4, 0.5) is 0 Å². The number of primary amides is 1. The molecule has 0 aliphatic rings. The molecule has 1 amide bonds. The molecule has 108 valence electrons. The van der Waals surface area contributed by atoms with E-state index in [0.29, 0.717) is 19.4 Å². The normalized spacial score (nSPS) is 11.8. The van der Waals surface area contributed by atoms with Crippen molar-refractivity contribution >= 4 is 14.0 Å². The summed E-state index contributed by atoms with van der Waals surface area (Å²) in [6.07, 6.45) is 0.883. The SMILES string of the molecule is Cc1oc(CCC(N)=O)cc1COCC[Si](C)(C)C. The summed E-state index contributed by atoms with van der Waals surface area (Å²) in [6.45, 7) is 10.3. The molecule has 0 fully saturated rings. The topological polar surface area (TPSA) is 65.5 Å². The third-order valence-electron chi connectivity index (χ3n) is 2.94. The van der Waals surface area contributed by atoms with Crippen molar-refractivity contribution in [3.8, 4) is 0 Å². The van der Waals surface area contributed by atoms with Gasteiger partial charge in [-0.1, -0.05) is 19.6 Å². The summed E-state index contributed by atoms with van der Waals surface area (Å²) in [4.78, 5) is 10.7. The summed E-state index contributed by atoms with van der Waals surface area (Å²) in [6, 6.07) is 3.13. The highest BCUT2D eigenvalue weighted by molar-refractivity contribution is 6.76. The van der Waals surface area contributed by atoms with Crippen molar-refractivity contribution in [2.75, 3.05) is 6.61 Å². The van der Waals surface area contributed by atoms with E-state index in [4.69, 9.17) is 14.9 Å². The van der Waals surface area contributed by atoms with E-state index in [1.807, 2.05) is 13.0 Å². The maximum Gasteiger partial charge on any atom is 0.217 e. The molecule has 0 aliphatic heterocycles. The highest BCUT2D eigenvalue weighted by atomic mass is 28.3. The van der Waals surface area contributed by atoms with E-state index in [1.54, 1.807) is 0 Å². The number of carbonyl (C=O) groups excluding carboxylic acids is 1. The van der Waals surface area contributed by atoms with Crippen molar-refractivity contribution in [2.24, 2.45) is 5.73 Å². The smallest absolute Gasteiger partial charge is 0.217 e. The number of hydrogen-bond acceptors (Lipinski definition) is 3. The maximum atomic E-state index is 10.7. The first-order valence-electron chi connectivity index (χ1n) is 6.72. The molecule has 4 nitrogen and oxygen atoms in total. The molecule has 0 atom stereocenters. The molecular formula is C14H25NO3Si. The molecule has 0 bridgehead atoms. The Morgan fingerprint density at radius 1 is 1.42 bits per heavy atom. The second-order valence-corrected chi connectivity index (χ2v) is 11.7. The van der Waals surface area contributed by atoms with Gasteiger partial charge in [-0.05, 0) is 19.0 Å². The van der Waals surface area contributed by atoms with Gasteiger partial charge in [0.05, 0.1) is 6.61 Å². The first kappa shape index (κ1) is 16.0. The number of carbonyl (C=O) groups is 1. The van der Waals surface area contributed by atoms with Crippen LogP contribution < -0.4 is 5.73 Å². The molecule has 0 saturated carbocycles. The van der Waals surface area contributed by atoms with Gasteiger partial charge >= 0.3 is 0 Å². The van der Waals surface area contributed by atoms with Crippen molar-refractivity contribution in [2.45, 2.75) is 52.1 Å². The van der Waals surface area contributed by atoms with Crippen LogP contribution in [0, 0.1) is 6.92 Å².